The number of nitrogens with one attached hydrogen (secondary N) is 1. The number of nitrogens with two attached hydrogens (primary N) is 1. The number of hydrogen-bond donors (Lipinski definition) is 2. The summed E-state index contributed by atoms with van der Waals surface area (Å²) in [6.07, 6.45) is 0.465. The van der Waals surface area contributed by atoms with E-state index in [-0.39, 0.29) is 11.3 Å². The van der Waals surface area contributed by atoms with Crippen LogP contribution in [0.2, 0.25) is 0 Å². The van der Waals surface area contributed by atoms with Crippen molar-refractivity contribution in [1.82, 2.24) is 9.88 Å². The third-order valence-electron chi connectivity index (χ3n) is 5.42. The number of aromatic nitrogens is 1. The van der Waals surface area contributed by atoms with Crippen LogP contribution >= 0.6 is 0 Å². The molecule has 2 aromatic carbocycles. The lowest BCUT2D eigenvalue weighted by Gasteiger charge is -2.13. The van der Waals surface area contributed by atoms with Gasteiger partial charge < -0.3 is 25.1 Å². The average molecular weight is 466 g/mol. The average Bonchev–Trinajstić information content (AvgIpc) is 3.15. The molecule has 0 radical (unpaired) electrons. The fourth-order valence-electron chi connectivity index (χ4n) is 3.88. The molecule has 1 atom stereocenters. The molecule has 0 unspecified atom stereocenters. The summed E-state index contributed by atoms with van der Waals surface area (Å²) < 4.78 is 12.3. The fourth-order valence-corrected chi connectivity index (χ4v) is 3.88. The second-order valence-corrected chi connectivity index (χ2v) is 7.69. The molecule has 0 fully saturated rings. The van der Waals surface area contributed by atoms with Crippen LogP contribution in [-0.4, -0.2) is 47.9 Å². The highest BCUT2D eigenvalue weighted by molar-refractivity contribution is 6.45. The molecule has 3 N–H and O–H groups in total. The topological polar surface area (TPSA) is 130 Å². The minimum atomic E-state index is -1.08. The molecular weight excluding hydrogens is 438 g/mol. The molecule has 0 aliphatic rings. The standard InChI is InChI=1S/C25H27N3O6/c1-4-17-22(23(30)24(26)31)21-18(28(17)13-16-9-6-5-7-10-16)11-8-12-19(21)34-14-20(29)27-15(2)25(32)33-3/h5-12,15H,4,13-14H2,1-3H3,(H2,26,31)(H,27,29)/t15-/m1/s1. The molecule has 2 amide bonds. The number of hydrogen-bond acceptors (Lipinski definition) is 6. The smallest absolute Gasteiger partial charge is 0.328 e. The molecule has 34 heavy (non-hydrogen) atoms. The van der Waals surface area contributed by atoms with Crippen LogP contribution in [0.5, 0.6) is 5.75 Å². The Morgan fingerprint density at radius 2 is 1.76 bits per heavy atom. The maximum Gasteiger partial charge on any atom is 0.328 e. The second kappa shape index (κ2) is 10.7. The number of rotatable bonds is 10. The van der Waals surface area contributed by atoms with Crippen LogP contribution in [0.1, 0.15) is 35.5 Å². The number of Topliss-reactive ketones (excluding diaryl/α,β-unsaturated/α-hetero) is 1. The molecule has 3 aromatic rings. The highest BCUT2D eigenvalue weighted by Crippen LogP contribution is 2.35. The lowest BCUT2D eigenvalue weighted by Crippen LogP contribution is -2.41. The van der Waals surface area contributed by atoms with E-state index in [4.69, 9.17) is 10.5 Å². The summed E-state index contributed by atoms with van der Waals surface area (Å²) in [5, 5.41) is 2.89. The lowest BCUT2D eigenvalue weighted by molar-refractivity contribution is -0.144. The summed E-state index contributed by atoms with van der Waals surface area (Å²) in [6.45, 7) is 3.43. The van der Waals surface area contributed by atoms with Crippen molar-refractivity contribution < 1.29 is 28.7 Å². The molecule has 1 aromatic heterocycles. The van der Waals surface area contributed by atoms with Crippen molar-refractivity contribution in [3.8, 4) is 5.75 Å². The number of ether oxygens (including phenoxy) is 2. The van der Waals surface area contributed by atoms with E-state index in [0.29, 0.717) is 29.6 Å². The van der Waals surface area contributed by atoms with Crippen molar-refractivity contribution in [1.29, 1.82) is 0 Å². The zero-order valence-corrected chi connectivity index (χ0v) is 19.3. The van der Waals surface area contributed by atoms with Gasteiger partial charge in [-0.05, 0) is 31.0 Å². The Hall–Kier alpha value is -4.14. The van der Waals surface area contributed by atoms with Crippen LogP contribution < -0.4 is 15.8 Å². The van der Waals surface area contributed by atoms with Crippen LogP contribution in [0.25, 0.3) is 10.9 Å². The Bertz CT molecular complexity index is 1230. The summed E-state index contributed by atoms with van der Waals surface area (Å²) in [4.78, 5) is 48.6. The number of ketones is 1. The highest BCUT2D eigenvalue weighted by atomic mass is 16.5. The van der Waals surface area contributed by atoms with Crippen LogP contribution in [0.15, 0.2) is 48.5 Å². The molecule has 0 aliphatic heterocycles. The summed E-state index contributed by atoms with van der Waals surface area (Å²) in [6, 6.07) is 14.0. The number of carbonyl (C=O) groups is 4. The maximum absolute atomic E-state index is 12.9. The lowest BCUT2D eigenvalue weighted by atomic mass is 10.0. The minimum absolute atomic E-state index is 0.167. The largest absolute Gasteiger partial charge is 0.483 e. The van der Waals surface area contributed by atoms with Gasteiger partial charge in [-0.3, -0.25) is 14.4 Å². The molecule has 0 aliphatic carbocycles. The molecule has 178 valence electrons. The SMILES string of the molecule is CCc1c(C(=O)C(N)=O)c2c(OCC(=O)N[C@H](C)C(=O)OC)cccc2n1Cc1ccccc1. The second-order valence-electron chi connectivity index (χ2n) is 7.69. The minimum Gasteiger partial charge on any atom is -0.483 e. The van der Waals surface area contributed by atoms with Crippen LogP contribution in [0.3, 0.4) is 0 Å². The Labute approximate surface area is 196 Å². The van der Waals surface area contributed by atoms with Gasteiger partial charge in [-0.2, -0.15) is 0 Å². The zero-order chi connectivity index (χ0) is 24.8. The molecule has 9 heteroatoms. The van der Waals surface area contributed by atoms with Gasteiger partial charge in [0, 0.05) is 12.2 Å². The maximum atomic E-state index is 12.9. The van der Waals surface area contributed by atoms with Gasteiger partial charge >= 0.3 is 5.97 Å². The Kier molecular flexibility index (Phi) is 7.68. The highest BCUT2D eigenvalue weighted by Gasteiger charge is 2.27. The van der Waals surface area contributed by atoms with Crippen molar-refractivity contribution in [3.05, 3.63) is 65.4 Å². The van der Waals surface area contributed by atoms with E-state index in [2.05, 4.69) is 10.1 Å². The molecule has 3 rings (SSSR count). The van der Waals surface area contributed by atoms with Crippen LogP contribution in [0, 0.1) is 0 Å². The first kappa shape index (κ1) is 24.5. The van der Waals surface area contributed by atoms with Gasteiger partial charge in [0.15, 0.2) is 6.61 Å². The predicted octanol–water partition coefficient (Wildman–Crippen LogP) is 1.98. The number of nitrogens with zero attached hydrogens (tertiary/aromatic N) is 1. The summed E-state index contributed by atoms with van der Waals surface area (Å²) in [5.41, 5.74) is 7.86. The van der Waals surface area contributed by atoms with Crippen LogP contribution in [0.4, 0.5) is 0 Å². The zero-order valence-electron chi connectivity index (χ0n) is 19.3. The molecular formula is C25H27N3O6. The van der Waals surface area contributed by atoms with Crippen molar-refractivity contribution in [3.63, 3.8) is 0 Å². The molecule has 0 saturated heterocycles. The Morgan fingerprint density at radius 1 is 1.06 bits per heavy atom. The molecule has 1 heterocycles. The van der Waals surface area contributed by atoms with Crippen molar-refractivity contribution in [2.45, 2.75) is 32.9 Å². The normalized spacial score (nSPS) is 11.6. The molecule has 0 saturated carbocycles. The fraction of sp³-hybridized carbons (Fsp3) is 0.280. The van der Waals surface area contributed by atoms with Gasteiger partial charge in [0.2, 0.25) is 0 Å². The van der Waals surface area contributed by atoms with E-state index in [1.165, 1.54) is 14.0 Å². The Morgan fingerprint density at radius 3 is 2.38 bits per heavy atom. The number of fused-ring (bicyclic) bond motifs is 1. The van der Waals surface area contributed by atoms with E-state index in [9.17, 15) is 19.2 Å². The number of primary amides is 1. The number of esters is 1. The van der Waals surface area contributed by atoms with Crippen molar-refractivity contribution in [2.75, 3.05) is 13.7 Å². The van der Waals surface area contributed by atoms with E-state index in [1.807, 2.05) is 47.9 Å². The van der Waals surface area contributed by atoms with E-state index in [0.717, 1.165) is 5.56 Å². The third kappa shape index (κ3) is 5.09. The molecule has 0 spiro atoms. The molecule has 9 nitrogen and oxygen atoms in total. The first-order chi connectivity index (χ1) is 16.3. The Balaban J connectivity index is 2.04. The predicted molar refractivity (Wildman–Crippen MR) is 126 cm³/mol. The quantitative estimate of drug-likeness (QED) is 0.268. The third-order valence-corrected chi connectivity index (χ3v) is 5.42. The summed E-state index contributed by atoms with van der Waals surface area (Å²) in [7, 11) is 1.23. The van der Waals surface area contributed by atoms with E-state index < -0.39 is 36.2 Å². The number of methoxy groups -OCH3 is 1. The van der Waals surface area contributed by atoms with Crippen LogP contribution in [-0.2, 0) is 32.1 Å². The van der Waals surface area contributed by atoms with Crippen molar-refractivity contribution >= 4 is 34.5 Å². The summed E-state index contributed by atoms with van der Waals surface area (Å²) >= 11 is 0. The first-order valence-electron chi connectivity index (χ1n) is 10.8. The number of carbonyl (C=O) groups excluding carboxylic acids is 4. The van der Waals surface area contributed by atoms with Gasteiger partial charge in [0.1, 0.15) is 11.8 Å². The van der Waals surface area contributed by atoms with Gasteiger partial charge in [-0.25, -0.2) is 4.79 Å². The summed E-state index contributed by atoms with van der Waals surface area (Å²) in [5.74, 6) is -2.78. The monoisotopic (exact) mass is 465 g/mol. The van der Waals surface area contributed by atoms with E-state index >= 15 is 0 Å². The van der Waals surface area contributed by atoms with Gasteiger partial charge in [0.05, 0.1) is 23.6 Å². The molecule has 0 bridgehead atoms. The van der Waals surface area contributed by atoms with Gasteiger partial charge in [-0.15, -0.1) is 0 Å². The van der Waals surface area contributed by atoms with Gasteiger partial charge in [-0.1, -0.05) is 43.3 Å². The van der Waals surface area contributed by atoms with E-state index in [1.54, 1.807) is 12.1 Å². The number of amides is 2. The first-order valence-corrected chi connectivity index (χ1v) is 10.8. The van der Waals surface area contributed by atoms with Crippen molar-refractivity contribution in [2.24, 2.45) is 5.73 Å². The van der Waals surface area contributed by atoms with Gasteiger partial charge in [0.25, 0.3) is 17.6 Å². The number of benzene rings is 2.